The maximum atomic E-state index is 11.2. The summed E-state index contributed by atoms with van der Waals surface area (Å²) < 4.78 is 5.00. The maximum absolute atomic E-state index is 11.2. The molecule has 1 N–H and O–H groups in total. The van der Waals surface area contributed by atoms with Crippen LogP contribution in [0.15, 0.2) is 30.6 Å². The summed E-state index contributed by atoms with van der Waals surface area (Å²) in [5.74, 6) is 0.679. The highest BCUT2D eigenvalue weighted by molar-refractivity contribution is 5.46. The summed E-state index contributed by atoms with van der Waals surface area (Å²) in [5.41, 5.74) is 2.18. The van der Waals surface area contributed by atoms with E-state index in [-0.39, 0.29) is 10.6 Å². The van der Waals surface area contributed by atoms with Crippen molar-refractivity contribution in [1.82, 2.24) is 9.97 Å². The largest absolute Gasteiger partial charge is 0.380 e. The predicted molar refractivity (Wildman–Crippen MR) is 78.2 cm³/mol. The van der Waals surface area contributed by atoms with Crippen molar-refractivity contribution < 1.29 is 9.66 Å². The number of methoxy groups -OCH3 is 1. The molecule has 0 aliphatic rings. The summed E-state index contributed by atoms with van der Waals surface area (Å²) in [5, 5.41) is 14.1. The SMILES string of the molecule is CNc1cc(Cc2ccc(COC)cc2[N+](=O)[O-])ncn1. The Hall–Kier alpha value is -2.54. The number of rotatable bonds is 6. The minimum Gasteiger partial charge on any atom is -0.380 e. The van der Waals surface area contributed by atoms with E-state index >= 15 is 0 Å². The van der Waals surface area contributed by atoms with Gasteiger partial charge in [-0.2, -0.15) is 0 Å². The highest BCUT2D eigenvalue weighted by atomic mass is 16.6. The van der Waals surface area contributed by atoms with E-state index in [4.69, 9.17) is 4.74 Å². The highest BCUT2D eigenvalue weighted by Gasteiger charge is 2.15. The smallest absolute Gasteiger partial charge is 0.273 e. The number of nitro groups is 1. The third-order valence-electron chi connectivity index (χ3n) is 3.01. The molecule has 0 fully saturated rings. The fourth-order valence-electron chi connectivity index (χ4n) is 2.01. The zero-order chi connectivity index (χ0) is 15.2. The van der Waals surface area contributed by atoms with Crippen LogP contribution in [0.1, 0.15) is 16.8 Å². The summed E-state index contributed by atoms with van der Waals surface area (Å²) in [7, 11) is 3.31. The first-order valence-electron chi connectivity index (χ1n) is 6.38. The van der Waals surface area contributed by atoms with E-state index in [0.29, 0.717) is 24.4 Å². The molecule has 0 saturated carbocycles. The van der Waals surface area contributed by atoms with Crippen LogP contribution in [0.4, 0.5) is 11.5 Å². The normalized spacial score (nSPS) is 10.4. The number of nitro benzene ring substituents is 1. The number of nitrogens with one attached hydrogen (secondary N) is 1. The average molecular weight is 288 g/mol. The summed E-state index contributed by atoms with van der Waals surface area (Å²) in [4.78, 5) is 19.0. The quantitative estimate of drug-likeness (QED) is 0.647. The molecule has 0 radical (unpaired) electrons. The molecule has 2 aromatic rings. The van der Waals surface area contributed by atoms with Crippen molar-refractivity contribution in [3.05, 3.63) is 57.5 Å². The summed E-state index contributed by atoms with van der Waals surface area (Å²) in [6.07, 6.45) is 1.81. The van der Waals surface area contributed by atoms with Gasteiger partial charge in [0.05, 0.1) is 17.2 Å². The van der Waals surface area contributed by atoms with E-state index in [9.17, 15) is 10.1 Å². The second-order valence-electron chi connectivity index (χ2n) is 4.47. The van der Waals surface area contributed by atoms with Crippen molar-refractivity contribution in [1.29, 1.82) is 0 Å². The number of aromatic nitrogens is 2. The number of anilines is 1. The molecule has 0 spiro atoms. The first-order valence-corrected chi connectivity index (χ1v) is 6.38. The van der Waals surface area contributed by atoms with E-state index in [1.807, 2.05) is 6.07 Å². The number of hydrogen-bond donors (Lipinski definition) is 1. The van der Waals surface area contributed by atoms with Gasteiger partial charge in [0.25, 0.3) is 5.69 Å². The fraction of sp³-hybridized carbons (Fsp3) is 0.286. The topological polar surface area (TPSA) is 90.2 Å². The van der Waals surface area contributed by atoms with Crippen molar-refractivity contribution in [3.8, 4) is 0 Å². The summed E-state index contributed by atoms with van der Waals surface area (Å²) >= 11 is 0. The Morgan fingerprint density at radius 2 is 2.14 bits per heavy atom. The van der Waals surface area contributed by atoms with Gasteiger partial charge in [0.2, 0.25) is 0 Å². The Balaban J connectivity index is 2.32. The van der Waals surface area contributed by atoms with Crippen molar-refractivity contribution >= 4 is 11.5 Å². The molecule has 7 heteroatoms. The predicted octanol–water partition coefficient (Wildman–Crippen LogP) is 2.16. The first kappa shape index (κ1) is 14.9. The maximum Gasteiger partial charge on any atom is 0.273 e. The Morgan fingerprint density at radius 1 is 1.33 bits per heavy atom. The van der Waals surface area contributed by atoms with E-state index in [0.717, 1.165) is 11.3 Å². The van der Waals surface area contributed by atoms with Crippen LogP contribution in [0.25, 0.3) is 0 Å². The van der Waals surface area contributed by atoms with Crippen LogP contribution in [0.2, 0.25) is 0 Å². The summed E-state index contributed by atoms with van der Waals surface area (Å²) in [6, 6.07) is 6.88. The molecule has 2 rings (SSSR count). The molecule has 0 saturated heterocycles. The molecule has 0 aliphatic heterocycles. The minimum atomic E-state index is -0.380. The molecule has 0 bridgehead atoms. The van der Waals surface area contributed by atoms with Crippen LogP contribution in [0.3, 0.4) is 0 Å². The number of benzene rings is 1. The van der Waals surface area contributed by atoms with E-state index in [1.54, 1.807) is 32.4 Å². The van der Waals surface area contributed by atoms with E-state index < -0.39 is 0 Å². The van der Waals surface area contributed by atoms with E-state index in [2.05, 4.69) is 15.3 Å². The molecule has 7 nitrogen and oxygen atoms in total. The molecule has 110 valence electrons. The zero-order valence-corrected chi connectivity index (χ0v) is 11.9. The molecule has 0 atom stereocenters. The van der Waals surface area contributed by atoms with Gasteiger partial charge in [0.1, 0.15) is 12.1 Å². The fourth-order valence-corrected chi connectivity index (χ4v) is 2.01. The van der Waals surface area contributed by atoms with Crippen molar-refractivity contribution in [3.63, 3.8) is 0 Å². The second-order valence-corrected chi connectivity index (χ2v) is 4.47. The minimum absolute atomic E-state index is 0.0779. The number of hydrogen-bond acceptors (Lipinski definition) is 6. The van der Waals surface area contributed by atoms with Crippen molar-refractivity contribution in [2.75, 3.05) is 19.5 Å². The molecule has 21 heavy (non-hydrogen) atoms. The average Bonchev–Trinajstić information content (AvgIpc) is 2.49. The monoisotopic (exact) mass is 288 g/mol. The molecule has 0 unspecified atom stereocenters. The molecule has 0 aliphatic carbocycles. The van der Waals surface area contributed by atoms with Gasteiger partial charge in [0.15, 0.2) is 0 Å². The van der Waals surface area contributed by atoms with Gasteiger partial charge in [-0.1, -0.05) is 12.1 Å². The molecular formula is C14H16N4O3. The van der Waals surface area contributed by atoms with Gasteiger partial charge in [0, 0.05) is 38.3 Å². The molecular weight excluding hydrogens is 272 g/mol. The van der Waals surface area contributed by atoms with Crippen LogP contribution in [0, 0.1) is 10.1 Å². The van der Waals surface area contributed by atoms with Gasteiger partial charge in [-0.3, -0.25) is 10.1 Å². The summed E-state index contributed by atoms with van der Waals surface area (Å²) in [6.45, 7) is 0.346. The van der Waals surface area contributed by atoms with Crippen LogP contribution in [-0.2, 0) is 17.8 Å². The van der Waals surface area contributed by atoms with Gasteiger partial charge in [-0.25, -0.2) is 9.97 Å². The number of nitrogens with zero attached hydrogens (tertiary/aromatic N) is 3. The van der Waals surface area contributed by atoms with Crippen molar-refractivity contribution in [2.45, 2.75) is 13.0 Å². The molecule has 1 aromatic heterocycles. The third-order valence-corrected chi connectivity index (χ3v) is 3.01. The Morgan fingerprint density at radius 3 is 2.81 bits per heavy atom. The molecule has 1 aromatic carbocycles. The van der Waals surface area contributed by atoms with Gasteiger partial charge < -0.3 is 10.1 Å². The van der Waals surface area contributed by atoms with E-state index in [1.165, 1.54) is 6.33 Å². The van der Waals surface area contributed by atoms with Gasteiger partial charge in [-0.15, -0.1) is 0 Å². The first-order chi connectivity index (χ1) is 10.1. The lowest BCUT2D eigenvalue weighted by Crippen LogP contribution is -2.02. The van der Waals surface area contributed by atoms with Gasteiger partial charge in [-0.05, 0) is 5.56 Å². The van der Waals surface area contributed by atoms with Crippen molar-refractivity contribution in [2.24, 2.45) is 0 Å². The van der Waals surface area contributed by atoms with Crippen LogP contribution in [-0.4, -0.2) is 29.0 Å². The Labute approximate surface area is 122 Å². The van der Waals surface area contributed by atoms with Crippen LogP contribution >= 0.6 is 0 Å². The molecule has 1 heterocycles. The lowest BCUT2D eigenvalue weighted by Gasteiger charge is -2.06. The third kappa shape index (κ3) is 3.73. The lowest BCUT2D eigenvalue weighted by molar-refractivity contribution is -0.385. The van der Waals surface area contributed by atoms with Crippen LogP contribution in [0.5, 0.6) is 0 Å². The number of ether oxygens (including phenoxy) is 1. The van der Waals surface area contributed by atoms with Crippen LogP contribution < -0.4 is 5.32 Å². The zero-order valence-electron chi connectivity index (χ0n) is 11.9. The standard InChI is InChI=1S/C14H16N4O3/c1-15-14-7-12(16-9-17-14)6-11-4-3-10(8-21-2)5-13(11)18(19)20/h3-5,7,9H,6,8H2,1-2H3,(H,15,16,17). The Kier molecular flexibility index (Phi) is 4.78. The Bertz CT molecular complexity index is 646. The molecule has 0 amide bonds. The lowest BCUT2D eigenvalue weighted by atomic mass is 10.0. The second kappa shape index (κ2) is 6.76. The highest BCUT2D eigenvalue weighted by Crippen LogP contribution is 2.23. The van der Waals surface area contributed by atoms with Gasteiger partial charge >= 0.3 is 0 Å².